The van der Waals surface area contributed by atoms with Gasteiger partial charge in [0.25, 0.3) is 0 Å². The monoisotopic (exact) mass is 345 g/mol. The van der Waals surface area contributed by atoms with Crippen molar-refractivity contribution in [1.82, 2.24) is 14.9 Å². The van der Waals surface area contributed by atoms with Crippen LogP contribution in [0.15, 0.2) is 36.9 Å². The van der Waals surface area contributed by atoms with E-state index < -0.39 is 12.4 Å². The van der Waals surface area contributed by atoms with E-state index in [4.69, 9.17) is 18.9 Å². The van der Waals surface area contributed by atoms with Crippen LogP contribution in [0.3, 0.4) is 0 Å². The number of hydrogen-bond donors (Lipinski definition) is 2. The van der Waals surface area contributed by atoms with Crippen molar-refractivity contribution in [2.24, 2.45) is 0 Å². The van der Waals surface area contributed by atoms with E-state index in [0.717, 1.165) is 17.1 Å². The highest BCUT2D eigenvalue weighted by Crippen LogP contribution is 2.36. The molecule has 1 aromatic carbocycles. The van der Waals surface area contributed by atoms with Crippen molar-refractivity contribution in [1.29, 1.82) is 0 Å². The SMILES string of the molecule is O[C@H]1[C@H](NCc2ccc3c(c2)OCO3)[C@H]2CO[C@H](O2)[C@@H]1n1ccnc1. The van der Waals surface area contributed by atoms with Crippen LogP contribution >= 0.6 is 0 Å². The number of nitrogens with zero attached hydrogens (tertiary/aromatic N) is 2. The lowest BCUT2D eigenvalue weighted by Crippen LogP contribution is -2.57. The maximum Gasteiger partial charge on any atom is 0.231 e. The minimum Gasteiger partial charge on any atom is -0.454 e. The summed E-state index contributed by atoms with van der Waals surface area (Å²) in [6.45, 7) is 1.31. The summed E-state index contributed by atoms with van der Waals surface area (Å²) in [7, 11) is 0. The van der Waals surface area contributed by atoms with Crippen LogP contribution in [0, 0.1) is 0 Å². The Kier molecular flexibility index (Phi) is 3.63. The van der Waals surface area contributed by atoms with Crippen molar-refractivity contribution in [3.63, 3.8) is 0 Å². The molecule has 5 atom stereocenters. The van der Waals surface area contributed by atoms with Gasteiger partial charge in [-0.25, -0.2) is 4.98 Å². The Balaban J connectivity index is 1.33. The summed E-state index contributed by atoms with van der Waals surface area (Å²) in [6, 6.07) is 5.27. The Bertz CT molecular complexity index is 753. The van der Waals surface area contributed by atoms with Crippen LogP contribution in [-0.4, -0.2) is 52.6 Å². The van der Waals surface area contributed by atoms with Crippen molar-refractivity contribution in [3.8, 4) is 11.5 Å². The topological polar surface area (TPSA) is 87.0 Å². The first-order valence-corrected chi connectivity index (χ1v) is 8.34. The van der Waals surface area contributed by atoms with E-state index >= 15 is 0 Å². The molecule has 132 valence electrons. The molecule has 0 aliphatic carbocycles. The maximum absolute atomic E-state index is 10.9. The number of imidazole rings is 1. The number of ether oxygens (including phenoxy) is 4. The van der Waals surface area contributed by atoms with Gasteiger partial charge in [-0.2, -0.15) is 0 Å². The highest BCUT2D eigenvalue weighted by atomic mass is 16.7. The van der Waals surface area contributed by atoms with Gasteiger partial charge in [0.05, 0.1) is 25.1 Å². The fraction of sp³-hybridized carbons (Fsp3) is 0.471. The van der Waals surface area contributed by atoms with Crippen molar-refractivity contribution < 1.29 is 24.1 Å². The van der Waals surface area contributed by atoms with E-state index in [1.54, 1.807) is 12.5 Å². The second kappa shape index (κ2) is 5.99. The number of nitrogens with one attached hydrogen (secondary N) is 1. The van der Waals surface area contributed by atoms with E-state index in [9.17, 15) is 5.11 Å². The second-order valence-corrected chi connectivity index (χ2v) is 6.46. The summed E-state index contributed by atoms with van der Waals surface area (Å²) in [5, 5.41) is 14.3. The standard InChI is InChI=1S/C17H19N3O5/c21-16-14(19-6-10-1-2-11-12(5-10)24-9-23-11)13-7-22-17(25-13)15(16)20-4-3-18-8-20/h1-5,8,13-17,19,21H,6-7,9H2/t13-,14-,15-,16+,17-/m1/s1. The average Bonchev–Trinajstić information content (AvgIpc) is 3.36. The van der Waals surface area contributed by atoms with Crippen LogP contribution < -0.4 is 14.8 Å². The van der Waals surface area contributed by atoms with Crippen LogP contribution in [0.1, 0.15) is 11.6 Å². The van der Waals surface area contributed by atoms with Crippen LogP contribution in [0.25, 0.3) is 0 Å². The molecule has 0 radical (unpaired) electrons. The highest BCUT2D eigenvalue weighted by molar-refractivity contribution is 5.44. The third-order valence-corrected chi connectivity index (χ3v) is 4.98. The molecular weight excluding hydrogens is 326 g/mol. The van der Waals surface area contributed by atoms with Gasteiger partial charge in [-0.1, -0.05) is 6.07 Å². The van der Waals surface area contributed by atoms with Gasteiger partial charge in [-0.05, 0) is 17.7 Å². The molecule has 3 aliphatic rings. The molecule has 8 nitrogen and oxygen atoms in total. The number of aliphatic hydroxyl groups is 1. The van der Waals surface area contributed by atoms with E-state index in [0.29, 0.717) is 13.2 Å². The van der Waals surface area contributed by atoms with Crippen molar-refractivity contribution in [3.05, 3.63) is 42.5 Å². The molecule has 2 fully saturated rings. The van der Waals surface area contributed by atoms with Gasteiger partial charge in [-0.15, -0.1) is 0 Å². The van der Waals surface area contributed by atoms with Gasteiger partial charge < -0.3 is 33.9 Å². The zero-order valence-corrected chi connectivity index (χ0v) is 13.4. The number of benzene rings is 1. The fourth-order valence-corrected chi connectivity index (χ4v) is 3.70. The van der Waals surface area contributed by atoms with E-state index in [2.05, 4.69) is 10.3 Å². The molecule has 1 aromatic heterocycles. The van der Waals surface area contributed by atoms with Crippen LogP contribution in [-0.2, 0) is 16.0 Å². The number of aliphatic hydroxyl groups excluding tert-OH is 1. The van der Waals surface area contributed by atoms with Crippen molar-refractivity contribution in [2.75, 3.05) is 13.4 Å². The molecule has 0 spiro atoms. The Morgan fingerprint density at radius 1 is 1.28 bits per heavy atom. The van der Waals surface area contributed by atoms with Crippen LogP contribution in [0.4, 0.5) is 0 Å². The maximum atomic E-state index is 10.9. The molecule has 0 unspecified atom stereocenters. The average molecular weight is 345 g/mol. The summed E-state index contributed by atoms with van der Waals surface area (Å²) >= 11 is 0. The van der Waals surface area contributed by atoms with Gasteiger partial charge in [-0.3, -0.25) is 0 Å². The first kappa shape index (κ1) is 15.2. The minimum atomic E-state index is -0.644. The lowest BCUT2D eigenvalue weighted by molar-refractivity contribution is -0.165. The lowest BCUT2D eigenvalue weighted by atomic mass is 9.95. The second-order valence-electron chi connectivity index (χ2n) is 6.46. The van der Waals surface area contributed by atoms with Gasteiger partial charge in [0.15, 0.2) is 17.8 Å². The molecule has 0 saturated carbocycles. The molecule has 0 amide bonds. The zero-order chi connectivity index (χ0) is 16.8. The quantitative estimate of drug-likeness (QED) is 0.831. The van der Waals surface area contributed by atoms with Crippen LogP contribution in [0.2, 0.25) is 0 Å². The molecular formula is C17H19N3O5. The number of aromatic nitrogens is 2. The number of rotatable bonds is 4. The van der Waals surface area contributed by atoms with Gasteiger partial charge in [0.2, 0.25) is 6.79 Å². The summed E-state index contributed by atoms with van der Waals surface area (Å²) in [4.78, 5) is 4.06. The Morgan fingerprint density at radius 3 is 3.08 bits per heavy atom. The molecule has 5 rings (SSSR count). The molecule has 25 heavy (non-hydrogen) atoms. The van der Waals surface area contributed by atoms with Crippen molar-refractivity contribution in [2.45, 2.75) is 37.1 Å². The minimum absolute atomic E-state index is 0.172. The van der Waals surface area contributed by atoms with Gasteiger partial charge >= 0.3 is 0 Å². The highest BCUT2D eigenvalue weighted by Gasteiger charge is 2.50. The number of hydrogen-bond acceptors (Lipinski definition) is 7. The van der Waals surface area contributed by atoms with E-state index in [1.807, 2.05) is 29.0 Å². The number of fused-ring (bicyclic) bond motifs is 3. The van der Waals surface area contributed by atoms with Crippen molar-refractivity contribution >= 4 is 0 Å². The molecule has 2 saturated heterocycles. The predicted octanol–water partition coefficient (Wildman–Crippen LogP) is 0.427. The Hall–Kier alpha value is -2.13. The van der Waals surface area contributed by atoms with Gasteiger partial charge in [0, 0.05) is 18.9 Å². The Morgan fingerprint density at radius 2 is 2.20 bits per heavy atom. The van der Waals surface area contributed by atoms with Gasteiger partial charge in [0.1, 0.15) is 12.1 Å². The van der Waals surface area contributed by atoms with Crippen LogP contribution in [0.5, 0.6) is 11.5 Å². The van der Waals surface area contributed by atoms with E-state index in [1.165, 1.54) is 0 Å². The molecule has 2 aromatic rings. The summed E-state index contributed by atoms with van der Waals surface area (Å²) in [6.07, 6.45) is 3.91. The normalized spacial score (nSPS) is 32.9. The van der Waals surface area contributed by atoms with E-state index in [-0.39, 0.29) is 25.0 Å². The largest absolute Gasteiger partial charge is 0.454 e. The Labute approximate surface area is 144 Å². The summed E-state index contributed by atoms with van der Waals surface area (Å²) < 4.78 is 24.2. The molecule has 2 bridgehead atoms. The molecule has 8 heteroatoms. The lowest BCUT2D eigenvalue weighted by Gasteiger charge is -2.39. The smallest absolute Gasteiger partial charge is 0.231 e. The fourth-order valence-electron chi connectivity index (χ4n) is 3.70. The first-order valence-electron chi connectivity index (χ1n) is 8.34. The first-order chi connectivity index (χ1) is 12.3. The molecule has 3 aliphatic heterocycles. The summed E-state index contributed by atoms with van der Waals surface area (Å²) in [5.74, 6) is 1.51. The third-order valence-electron chi connectivity index (χ3n) is 4.98. The predicted molar refractivity (Wildman–Crippen MR) is 85.1 cm³/mol. The zero-order valence-electron chi connectivity index (χ0n) is 13.4. The molecule has 4 heterocycles. The molecule has 2 N–H and O–H groups in total. The summed E-state index contributed by atoms with van der Waals surface area (Å²) in [5.41, 5.74) is 1.05. The third kappa shape index (κ3) is 2.58.